The molecule has 0 saturated carbocycles. The first kappa shape index (κ1) is 18.9. The van der Waals surface area contributed by atoms with Crippen LogP contribution in [-0.2, 0) is 0 Å². The molecule has 1 N–H and O–H groups in total. The van der Waals surface area contributed by atoms with E-state index in [0.717, 1.165) is 0 Å². The number of benzene rings is 2. The third kappa shape index (κ3) is 4.63. The summed E-state index contributed by atoms with van der Waals surface area (Å²) in [6.07, 6.45) is -6.85. The van der Waals surface area contributed by atoms with E-state index in [1.807, 2.05) is 36.4 Å². The Balaban J connectivity index is 1.70. The lowest BCUT2D eigenvalue weighted by molar-refractivity contribution is -0.209. The summed E-state index contributed by atoms with van der Waals surface area (Å²) in [5, 5.41) is 9.29. The summed E-state index contributed by atoms with van der Waals surface area (Å²) in [7, 11) is 0. The number of rotatable bonds is 5. The summed E-state index contributed by atoms with van der Waals surface area (Å²) < 4.78 is 37.7. The van der Waals surface area contributed by atoms with Crippen molar-refractivity contribution in [2.45, 2.75) is 18.3 Å². The normalized spacial score (nSPS) is 18.2. The Hall–Kier alpha value is -1.89. The van der Waals surface area contributed by atoms with E-state index in [1.54, 1.807) is 4.90 Å². The van der Waals surface area contributed by atoms with E-state index in [1.165, 1.54) is 11.1 Å². The summed E-state index contributed by atoms with van der Waals surface area (Å²) in [6, 6.07) is 20.4. The van der Waals surface area contributed by atoms with Crippen LogP contribution in [0.15, 0.2) is 60.7 Å². The number of aliphatic hydroxyl groups is 1. The van der Waals surface area contributed by atoms with E-state index in [0.29, 0.717) is 26.2 Å². The number of piperazine rings is 1. The molecule has 2 aromatic rings. The molecule has 6 heteroatoms. The minimum absolute atomic E-state index is 0.0760. The van der Waals surface area contributed by atoms with Gasteiger partial charge in [-0.3, -0.25) is 9.80 Å². The fraction of sp³-hybridized carbons (Fsp3) is 0.400. The van der Waals surface area contributed by atoms with Gasteiger partial charge in [0.1, 0.15) is 0 Å². The molecule has 1 heterocycles. The molecule has 0 amide bonds. The number of hydrogen-bond acceptors (Lipinski definition) is 3. The van der Waals surface area contributed by atoms with E-state index < -0.39 is 12.3 Å². The highest BCUT2D eigenvalue weighted by atomic mass is 19.4. The first-order valence-corrected chi connectivity index (χ1v) is 8.76. The molecule has 1 fully saturated rings. The fourth-order valence-corrected chi connectivity index (χ4v) is 3.44. The van der Waals surface area contributed by atoms with Crippen LogP contribution in [0.1, 0.15) is 17.2 Å². The van der Waals surface area contributed by atoms with Crippen molar-refractivity contribution in [3.05, 3.63) is 71.8 Å². The molecule has 1 atom stereocenters. The highest BCUT2D eigenvalue weighted by molar-refractivity contribution is 5.31. The van der Waals surface area contributed by atoms with Gasteiger partial charge in [0, 0.05) is 32.7 Å². The lowest BCUT2D eigenvalue weighted by Gasteiger charge is -2.40. The van der Waals surface area contributed by atoms with E-state index in [9.17, 15) is 18.3 Å². The van der Waals surface area contributed by atoms with Crippen molar-refractivity contribution >= 4 is 0 Å². The van der Waals surface area contributed by atoms with Crippen LogP contribution in [0.2, 0.25) is 0 Å². The lowest BCUT2D eigenvalue weighted by Crippen LogP contribution is -2.51. The van der Waals surface area contributed by atoms with Gasteiger partial charge in [-0.2, -0.15) is 13.2 Å². The average molecular weight is 364 g/mol. The van der Waals surface area contributed by atoms with Crippen molar-refractivity contribution in [2.75, 3.05) is 32.7 Å². The minimum atomic E-state index is -4.56. The van der Waals surface area contributed by atoms with E-state index in [-0.39, 0.29) is 12.6 Å². The van der Waals surface area contributed by atoms with Crippen molar-refractivity contribution in [3.63, 3.8) is 0 Å². The molecular weight excluding hydrogens is 341 g/mol. The van der Waals surface area contributed by atoms with Crippen LogP contribution in [0, 0.1) is 0 Å². The van der Waals surface area contributed by atoms with Crippen molar-refractivity contribution in [1.29, 1.82) is 0 Å². The zero-order valence-corrected chi connectivity index (χ0v) is 14.4. The van der Waals surface area contributed by atoms with Crippen molar-refractivity contribution in [2.24, 2.45) is 0 Å². The second-order valence-corrected chi connectivity index (χ2v) is 6.62. The summed E-state index contributed by atoms with van der Waals surface area (Å²) in [4.78, 5) is 3.98. The zero-order valence-electron chi connectivity index (χ0n) is 14.4. The number of halogens is 3. The molecule has 0 bridgehead atoms. The molecule has 0 unspecified atom stereocenters. The van der Waals surface area contributed by atoms with Crippen LogP contribution >= 0.6 is 0 Å². The number of hydrogen-bond donors (Lipinski definition) is 1. The molecule has 0 spiro atoms. The Labute approximate surface area is 151 Å². The lowest BCUT2D eigenvalue weighted by atomic mass is 9.96. The average Bonchev–Trinajstić information content (AvgIpc) is 2.64. The van der Waals surface area contributed by atoms with Crippen LogP contribution in [-0.4, -0.2) is 59.9 Å². The number of β-amino-alcohol motifs (C(OH)–C–C–N with tert-alkyl or cyclic N) is 1. The van der Waals surface area contributed by atoms with Crippen molar-refractivity contribution in [3.8, 4) is 0 Å². The van der Waals surface area contributed by atoms with Crippen LogP contribution < -0.4 is 0 Å². The van der Waals surface area contributed by atoms with Crippen LogP contribution in [0.3, 0.4) is 0 Å². The Kier molecular flexibility index (Phi) is 5.96. The van der Waals surface area contributed by atoms with Gasteiger partial charge in [0.15, 0.2) is 6.10 Å². The maximum atomic E-state index is 12.6. The van der Waals surface area contributed by atoms with E-state index >= 15 is 0 Å². The number of alkyl halides is 3. The molecule has 0 aromatic heterocycles. The van der Waals surface area contributed by atoms with Gasteiger partial charge in [-0.1, -0.05) is 60.7 Å². The molecule has 0 radical (unpaired) electrons. The SMILES string of the molecule is O[C@@H](CN1CCN(C(c2ccccc2)c2ccccc2)CC1)C(F)(F)F. The Morgan fingerprint density at radius 2 is 1.27 bits per heavy atom. The van der Waals surface area contributed by atoms with Gasteiger partial charge in [0.05, 0.1) is 6.04 Å². The topological polar surface area (TPSA) is 26.7 Å². The second kappa shape index (κ2) is 8.20. The molecule has 0 aliphatic carbocycles. The maximum absolute atomic E-state index is 12.6. The Bertz CT molecular complexity index is 631. The first-order chi connectivity index (χ1) is 12.4. The zero-order chi connectivity index (χ0) is 18.6. The molecule has 26 heavy (non-hydrogen) atoms. The molecule has 140 valence electrons. The molecule has 1 aliphatic rings. The largest absolute Gasteiger partial charge is 0.415 e. The highest BCUT2D eigenvalue weighted by Gasteiger charge is 2.39. The third-order valence-electron chi connectivity index (χ3n) is 4.81. The molecule has 1 saturated heterocycles. The Morgan fingerprint density at radius 1 is 0.808 bits per heavy atom. The highest BCUT2D eigenvalue weighted by Crippen LogP contribution is 2.29. The van der Waals surface area contributed by atoms with Gasteiger partial charge in [0.2, 0.25) is 0 Å². The van der Waals surface area contributed by atoms with Crippen LogP contribution in [0.5, 0.6) is 0 Å². The standard InChI is InChI=1S/C20H23F3N2O/c21-20(22,23)18(26)15-24-11-13-25(14-12-24)19(16-7-3-1-4-8-16)17-9-5-2-6-10-17/h1-10,18-19,26H,11-15H2/t18-/m0/s1. The summed E-state index contributed by atoms with van der Waals surface area (Å²) in [5.41, 5.74) is 2.34. The van der Waals surface area contributed by atoms with Crippen LogP contribution in [0.25, 0.3) is 0 Å². The maximum Gasteiger partial charge on any atom is 0.415 e. The van der Waals surface area contributed by atoms with Gasteiger partial charge >= 0.3 is 6.18 Å². The first-order valence-electron chi connectivity index (χ1n) is 8.76. The quantitative estimate of drug-likeness (QED) is 0.882. The van der Waals surface area contributed by atoms with E-state index in [2.05, 4.69) is 29.2 Å². The second-order valence-electron chi connectivity index (χ2n) is 6.62. The van der Waals surface area contributed by atoms with E-state index in [4.69, 9.17) is 0 Å². The molecule has 1 aliphatic heterocycles. The van der Waals surface area contributed by atoms with Crippen molar-refractivity contribution < 1.29 is 18.3 Å². The number of aliphatic hydroxyl groups excluding tert-OH is 1. The smallest absolute Gasteiger partial charge is 0.382 e. The predicted molar refractivity (Wildman–Crippen MR) is 94.8 cm³/mol. The summed E-state index contributed by atoms with van der Waals surface area (Å²) in [6.45, 7) is 1.95. The molecular formula is C20H23F3N2O. The monoisotopic (exact) mass is 364 g/mol. The third-order valence-corrected chi connectivity index (χ3v) is 4.81. The van der Waals surface area contributed by atoms with Gasteiger partial charge < -0.3 is 5.11 Å². The summed E-state index contributed by atoms with van der Waals surface area (Å²) >= 11 is 0. The fourth-order valence-electron chi connectivity index (χ4n) is 3.44. The van der Waals surface area contributed by atoms with Crippen molar-refractivity contribution in [1.82, 2.24) is 9.80 Å². The number of nitrogens with zero attached hydrogens (tertiary/aromatic N) is 2. The molecule has 3 rings (SSSR count). The van der Waals surface area contributed by atoms with Gasteiger partial charge in [-0.15, -0.1) is 0 Å². The molecule has 2 aromatic carbocycles. The predicted octanol–water partition coefficient (Wildman–Crippen LogP) is 3.32. The van der Waals surface area contributed by atoms with Gasteiger partial charge in [-0.05, 0) is 11.1 Å². The molecule has 3 nitrogen and oxygen atoms in total. The minimum Gasteiger partial charge on any atom is -0.382 e. The summed E-state index contributed by atoms with van der Waals surface area (Å²) in [5.74, 6) is 0. The Morgan fingerprint density at radius 3 is 1.69 bits per heavy atom. The van der Waals surface area contributed by atoms with Crippen LogP contribution in [0.4, 0.5) is 13.2 Å². The van der Waals surface area contributed by atoms with Gasteiger partial charge in [0.25, 0.3) is 0 Å². The van der Waals surface area contributed by atoms with Gasteiger partial charge in [-0.25, -0.2) is 0 Å².